The van der Waals surface area contributed by atoms with E-state index in [1.807, 2.05) is 0 Å². The SMILES string of the molecule is Cc1ccccc1Nc1ccc(Nc2ccc(N(C)c3ccc(Nc4ccc(Nc5ccccc5C)cc4C)cc3)cc2)c(C)c1. The van der Waals surface area contributed by atoms with E-state index in [0.717, 1.165) is 56.9 Å². The molecule has 0 saturated carbocycles. The van der Waals surface area contributed by atoms with Crippen molar-refractivity contribution in [3.05, 3.63) is 156 Å². The fourth-order valence-electron chi connectivity index (χ4n) is 5.50. The van der Waals surface area contributed by atoms with Crippen LogP contribution in [0.4, 0.5) is 56.9 Å². The quantitative estimate of drug-likeness (QED) is 0.125. The maximum absolute atomic E-state index is 3.58. The van der Waals surface area contributed by atoms with E-state index in [9.17, 15) is 0 Å². The van der Waals surface area contributed by atoms with Gasteiger partial charge in [0.1, 0.15) is 0 Å². The molecule has 6 aromatic carbocycles. The van der Waals surface area contributed by atoms with Crippen molar-refractivity contribution in [1.82, 2.24) is 0 Å². The first-order valence-corrected chi connectivity index (χ1v) is 15.7. The maximum Gasteiger partial charge on any atom is 0.0415 e. The van der Waals surface area contributed by atoms with E-state index in [4.69, 9.17) is 0 Å². The molecule has 5 nitrogen and oxygen atoms in total. The standard InChI is InChI=1S/C41H41N5/c1-28-10-6-8-12-38(28)44-34-18-24-40(30(3)26-34)42-32-14-20-36(21-15-32)46(5)37-22-16-33(17-23-37)43-41-25-19-35(27-31(41)4)45-39-13-9-7-11-29(39)2/h6-27,42-45H,1-5H3. The van der Waals surface area contributed by atoms with Crippen LogP contribution >= 0.6 is 0 Å². The van der Waals surface area contributed by atoms with Gasteiger partial charge in [0.2, 0.25) is 0 Å². The predicted octanol–water partition coefficient (Wildman–Crippen LogP) is 11.7. The van der Waals surface area contributed by atoms with Crippen molar-refractivity contribution in [2.45, 2.75) is 27.7 Å². The highest BCUT2D eigenvalue weighted by Gasteiger charge is 2.08. The van der Waals surface area contributed by atoms with E-state index in [1.165, 1.54) is 22.3 Å². The Balaban J connectivity index is 1.06. The monoisotopic (exact) mass is 603 g/mol. The van der Waals surface area contributed by atoms with Gasteiger partial charge in [-0.1, -0.05) is 36.4 Å². The summed E-state index contributed by atoms with van der Waals surface area (Å²) in [5.74, 6) is 0. The normalized spacial score (nSPS) is 10.7. The topological polar surface area (TPSA) is 51.4 Å². The number of para-hydroxylation sites is 2. The van der Waals surface area contributed by atoms with Gasteiger partial charge in [0, 0.05) is 63.9 Å². The number of nitrogens with zero attached hydrogens (tertiary/aromatic N) is 1. The van der Waals surface area contributed by atoms with Gasteiger partial charge in [-0.15, -0.1) is 0 Å². The van der Waals surface area contributed by atoms with Crippen molar-refractivity contribution in [2.75, 3.05) is 33.2 Å². The number of aryl methyl sites for hydroxylation is 4. The van der Waals surface area contributed by atoms with Crippen LogP contribution in [0.1, 0.15) is 22.3 Å². The first kappa shape index (κ1) is 30.4. The Hall–Kier alpha value is -5.68. The molecule has 6 aromatic rings. The third kappa shape index (κ3) is 7.16. The molecule has 6 rings (SSSR count). The van der Waals surface area contributed by atoms with Crippen molar-refractivity contribution >= 4 is 56.9 Å². The first-order chi connectivity index (χ1) is 22.3. The van der Waals surface area contributed by atoms with Crippen LogP contribution in [0.25, 0.3) is 0 Å². The van der Waals surface area contributed by atoms with Crippen LogP contribution in [-0.4, -0.2) is 7.05 Å². The third-order valence-corrected chi connectivity index (χ3v) is 8.37. The number of rotatable bonds is 10. The lowest BCUT2D eigenvalue weighted by molar-refractivity contribution is 1.21. The third-order valence-electron chi connectivity index (χ3n) is 8.37. The summed E-state index contributed by atoms with van der Waals surface area (Å²) >= 11 is 0. The lowest BCUT2D eigenvalue weighted by Gasteiger charge is -2.21. The smallest absolute Gasteiger partial charge is 0.0415 e. The molecule has 4 N–H and O–H groups in total. The molecule has 0 aromatic heterocycles. The second-order valence-electron chi connectivity index (χ2n) is 11.8. The molecular formula is C41H41N5. The van der Waals surface area contributed by atoms with Gasteiger partial charge in [0.25, 0.3) is 0 Å². The molecular weight excluding hydrogens is 562 g/mol. The summed E-state index contributed by atoms with van der Waals surface area (Å²) in [5.41, 5.74) is 15.7. The van der Waals surface area contributed by atoms with Crippen molar-refractivity contribution in [3.63, 3.8) is 0 Å². The van der Waals surface area contributed by atoms with E-state index in [2.05, 4.69) is 194 Å². The van der Waals surface area contributed by atoms with E-state index in [-0.39, 0.29) is 0 Å². The molecule has 0 saturated heterocycles. The Labute approximate surface area is 273 Å². The van der Waals surface area contributed by atoms with E-state index in [0.29, 0.717) is 0 Å². The second kappa shape index (κ2) is 13.5. The molecule has 0 radical (unpaired) electrons. The molecule has 0 spiro atoms. The Bertz CT molecular complexity index is 1800. The molecule has 46 heavy (non-hydrogen) atoms. The fourth-order valence-corrected chi connectivity index (χ4v) is 5.50. The van der Waals surface area contributed by atoms with Crippen molar-refractivity contribution in [2.24, 2.45) is 0 Å². The minimum Gasteiger partial charge on any atom is -0.355 e. The van der Waals surface area contributed by atoms with Crippen LogP contribution in [0.3, 0.4) is 0 Å². The Morgan fingerprint density at radius 3 is 1.04 bits per heavy atom. The van der Waals surface area contributed by atoms with Gasteiger partial charge in [-0.05, 0) is 147 Å². The van der Waals surface area contributed by atoms with E-state index < -0.39 is 0 Å². The lowest BCUT2D eigenvalue weighted by atomic mass is 10.1. The van der Waals surface area contributed by atoms with Gasteiger partial charge in [0.05, 0.1) is 0 Å². The Morgan fingerprint density at radius 1 is 0.348 bits per heavy atom. The van der Waals surface area contributed by atoms with Gasteiger partial charge in [-0.3, -0.25) is 0 Å². The Morgan fingerprint density at radius 2 is 0.674 bits per heavy atom. The molecule has 0 amide bonds. The van der Waals surface area contributed by atoms with Gasteiger partial charge in [0.15, 0.2) is 0 Å². The molecule has 0 aliphatic carbocycles. The summed E-state index contributed by atoms with van der Waals surface area (Å²) in [6.07, 6.45) is 0. The maximum atomic E-state index is 3.58. The zero-order chi connectivity index (χ0) is 32.0. The summed E-state index contributed by atoms with van der Waals surface area (Å²) in [4.78, 5) is 2.20. The highest BCUT2D eigenvalue weighted by molar-refractivity contribution is 5.74. The van der Waals surface area contributed by atoms with Gasteiger partial charge >= 0.3 is 0 Å². The van der Waals surface area contributed by atoms with Crippen LogP contribution in [-0.2, 0) is 0 Å². The highest BCUT2D eigenvalue weighted by atomic mass is 15.1. The minimum atomic E-state index is 1.05. The summed E-state index contributed by atoms with van der Waals surface area (Å²) in [5, 5.41) is 14.2. The van der Waals surface area contributed by atoms with Gasteiger partial charge < -0.3 is 26.2 Å². The largest absolute Gasteiger partial charge is 0.355 e. The van der Waals surface area contributed by atoms with Crippen LogP contribution in [0.2, 0.25) is 0 Å². The summed E-state index contributed by atoms with van der Waals surface area (Å²) in [6.45, 7) is 8.50. The first-order valence-electron chi connectivity index (χ1n) is 15.7. The van der Waals surface area contributed by atoms with Crippen molar-refractivity contribution in [3.8, 4) is 0 Å². The molecule has 0 atom stereocenters. The zero-order valence-electron chi connectivity index (χ0n) is 27.1. The molecule has 0 fully saturated rings. The number of nitrogens with one attached hydrogen (secondary N) is 4. The molecule has 230 valence electrons. The molecule has 0 aliphatic heterocycles. The highest BCUT2D eigenvalue weighted by Crippen LogP contribution is 2.31. The number of anilines is 10. The van der Waals surface area contributed by atoms with Crippen LogP contribution in [0.15, 0.2) is 133 Å². The van der Waals surface area contributed by atoms with Crippen LogP contribution < -0.4 is 26.2 Å². The van der Waals surface area contributed by atoms with E-state index >= 15 is 0 Å². The molecule has 0 aliphatic rings. The molecule has 0 bridgehead atoms. The summed E-state index contributed by atoms with van der Waals surface area (Å²) in [7, 11) is 2.10. The number of hydrogen-bond acceptors (Lipinski definition) is 5. The van der Waals surface area contributed by atoms with Crippen LogP contribution in [0, 0.1) is 27.7 Å². The average Bonchev–Trinajstić information content (AvgIpc) is 3.06. The minimum absolute atomic E-state index is 1.05. The van der Waals surface area contributed by atoms with Gasteiger partial charge in [-0.2, -0.15) is 0 Å². The molecule has 0 heterocycles. The predicted molar refractivity (Wildman–Crippen MR) is 199 cm³/mol. The van der Waals surface area contributed by atoms with E-state index in [1.54, 1.807) is 0 Å². The average molecular weight is 604 g/mol. The number of benzene rings is 6. The lowest BCUT2D eigenvalue weighted by Crippen LogP contribution is -2.09. The summed E-state index contributed by atoms with van der Waals surface area (Å²) in [6, 6.07) is 46.6. The molecule has 0 unspecified atom stereocenters. The molecule has 5 heteroatoms. The fraction of sp³-hybridized carbons (Fsp3) is 0.122. The second-order valence-corrected chi connectivity index (χ2v) is 11.8. The summed E-state index contributed by atoms with van der Waals surface area (Å²) < 4.78 is 0. The Kier molecular flexibility index (Phi) is 8.93. The number of hydrogen-bond donors (Lipinski definition) is 4. The van der Waals surface area contributed by atoms with Gasteiger partial charge in [-0.25, -0.2) is 0 Å². The van der Waals surface area contributed by atoms with Crippen LogP contribution in [0.5, 0.6) is 0 Å². The van der Waals surface area contributed by atoms with Crippen molar-refractivity contribution in [1.29, 1.82) is 0 Å². The zero-order valence-corrected chi connectivity index (χ0v) is 27.1. The van der Waals surface area contributed by atoms with Crippen molar-refractivity contribution < 1.29 is 0 Å².